The van der Waals surface area contributed by atoms with Gasteiger partial charge < -0.3 is 105 Å². The molecule has 0 unspecified atom stereocenters. The topological polar surface area (TPSA) is 715 Å². The Kier molecular flexibility index (Phi) is 48.6. The van der Waals surface area contributed by atoms with Crippen LogP contribution in [0.1, 0.15) is 181 Å². The fourth-order valence-corrected chi connectivity index (χ4v) is 17.8. The largest absolute Gasteiger partial charge is 0.480 e. The summed E-state index contributed by atoms with van der Waals surface area (Å²) in [5.74, 6) is -17.8. The Morgan fingerprint density at radius 2 is 0.831 bits per heavy atom. The summed E-state index contributed by atoms with van der Waals surface area (Å²) in [7, 11) is -12.7. The van der Waals surface area contributed by atoms with Crippen LogP contribution in [0.4, 0.5) is 4.79 Å². The van der Waals surface area contributed by atoms with E-state index in [-0.39, 0.29) is 112 Å². The number of hydrogen-bond donors (Lipinski definition) is 23. The minimum absolute atomic E-state index is 0.00650. The Balaban J connectivity index is 1.19. The Morgan fingerprint density at radius 3 is 1.29 bits per heavy atom. The molecule has 5 aromatic rings. The molecule has 50 heteroatoms. The highest BCUT2D eigenvalue weighted by atomic mass is 32.2. The van der Waals surface area contributed by atoms with Crippen molar-refractivity contribution < 1.29 is 112 Å². The number of likely N-dealkylation sites (tertiary alicyclic amines) is 1. The number of carboxylic acids is 1. The lowest BCUT2D eigenvalue weighted by Crippen LogP contribution is -2.62. The van der Waals surface area contributed by atoms with Crippen molar-refractivity contribution in [1.29, 1.82) is 16.2 Å². The standard InChI is InChI=1S/C98H143N23O24S3/c1-15-61(8)80(115-87(129)72(113-97(137)145-98(12,13)14)33-25-51-105-96(102)120-148(142,143)69-45-39-60(7)40-46-69)91(133)111-73(47-48-76(99)122)86(128)110-70(31-23-49-103-94(100)118-146(138,139)67-41-35-58(5)36-42-67)84(126)107-55-78(124)121-52-26-34-75(121)89(131)106-54-77(123)109-71(32-24-50-104-95(101)119-147(140,141)68-43-37-59(6)38-44-68)85(127)108-63(10)83(125)112-74(53-65-27-19-17-20-28-65)88(130)114-79(57(3)4)90(132)117-82(64(11)144-56-66-29-21-18-22-30-66)92(134)116-81(93(135)136)62(9)16-2/h17-22,27-30,35-46,57,61-64,70-75,79-82H,15-16,23-26,31-34,47-56H2,1-14H3,(H2,99,122)(H,106,131)(H,107,126)(H,108,127)(H,109,123)(H,110,128)(H,111,133)(H,112,125)(H,113,137)(H,114,130)(H,115,129)(H,116,134)(H,117,132)(H,135,136)(H3,100,103,118)(H3,101,104,119)(H3,102,105,120)/t61-,62-,63-,64+,70-,71-,72-,73-,74-,75-,79-,80-,81-,82-/m0/s1. The molecule has 24 N–H and O–H groups in total. The van der Waals surface area contributed by atoms with Gasteiger partial charge in [-0.05, 0) is 178 Å². The molecule has 5 aromatic carbocycles. The molecule has 6 rings (SSSR count). The maximum absolute atomic E-state index is 14.8. The number of aryl methyl sites for hydroxylation is 3. The van der Waals surface area contributed by atoms with E-state index in [4.69, 9.17) is 31.4 Å². The molecule has 14 amide bonds. The monoisotopic (exact) mass is 2120 g/mol. The number of carbonyl (C=O) groups is 15. The molecular weight excluding hydrogens is 1980 g/mol. The summed E-state index contributed by atoms with van der Waals surface area (Å²) in [5.41, 5.74) is 8.06. The van der Waals surface area contributed by atoms with E-state index in [0.717, 1.165) is 27.2 Å². The molecule has 1 heterocycles. The van der Waals surface area contributed by atoms with E-state index in [1.807, 2.05) is 0 Å². The van der Waals surface area contributed by atoms with Crippen molar-refractivity contribution in [2.24, 2.45) is 23.5 Å². The zero-order valence-electron chi connectivity index (χ0n) is 85.6. The Labute approximate surface area is 862 Å². The normalized spacial score (nSPS) is 15.2. The first-order valence-electron chi connectivity index (χ1n) is 48.6. The van der Waals surface area contributed by atoms with Crippen LogP contribution in [-0.4, -0.2) is 259 Å². The van der Waals surface area contributed by atoms with E-state index in [9.17, 15) is 102 Å². The van der Waals surface area contributed by atoms with Gasteiger partial charge in [-0.2, -0.15) is 0 Å². The second-order valence-corrected chi connectivity index (χ2v) is 42.5. The van der Waals surface area contributed by atoms with Crippen molar-refractivity contribution in [3.8, 4) is 0 Å². The van der Waals surface area contributed by atoms with E-state index in [0.29, 0.717) is 12.0 Å². The van der Waals surface area contributed by atoms with Crippen LogP contribution in [-0.2, 0) is 120 Å². The van der Waals surface area contributed by atoms with Crippen molar-refractivity contribution >= 4 is 137 Å². The van der Waals surface area contributed by atoms with E-state index in [1.54, 1.807) is 180 Å². The number of sulfonamides is 3. The average molecular weight is 2120 g/mol. The molecule has 47 nitrogen and oxygen atoms in total. The molecule has 0 bridgehead atoms. The minimum Gasteiger partial charge on any atom is -0.480 e. The number of rotatable bonds is 57. The molecule has 0 radical (unpaired) electrons. The number of aliphatic carboxylic acids is 1. The van der Waals surface area contributed by atoms with E-state index >= 15 is 0 Å². The number of nitrogens with one attached hydrogen (secondary N) is 21. The molecule has 1 aliphatic rings. The number of ether oxygens (including phenoxy) is 2. The predicted octanol–water partition coefficient (Wildman–Crippen LogP) is 1.21. The number of carboxylic acid groups (broad SMARTS) is 1. The lowest BCUT2D eigenvalue weighted by molar-refractivity contribution is -0.145. The molecule has 148 heavy (non-hydrogen) atoms. The van der Waals surface area contributed by atoms with Gasteiger partial charge >= 0.3 is 12.1 Å². The summed E-state index contributed by atoms with van der Waals surface area (Å²) in [5, 5.41) is 73.8. The van der Waals surface area contributed by atoms with Crippen LogP contribution in [0.25, 0.3) is 0 Å². The molecule has 14 atom stereocenters. The first kappa shape index (κ1) is 122. The maximum Gasteiger partial charge on any atom is 0.408 e. The minimum atomic E-state index is -4.29. The zero-order chi connectivity index (χ0) is 110. The van der Waals surface area contributed by atoms with Crippen molar-refractivity contribution in [1.82, 2.24) is 98.8 Å². The van der Waals surface area contributed by atoms with Gasteiger partial charge in [0.15, 0.2) is 0 Å². The lowest BCUT2D eigenvalue weighted by atomic mass is 9.96. The molecule has 1 aliphatic heterocycles. The highest BCUT2D eigenvalue weighted by Gasteiger charge is 2.41. The van der Waals surface area contributed by atoms with E-state index in [2.05, 4.69) is 93.9 Å². The fourth-order valence-electron chi connectivity index (χ4n) is 14.9. The Morgan fingerprint density at radius 1 is 0.439 bits per heavy atom. The van der Waals surface area contributed by atoms with Crippen LogP contribution in [0, 0.1) is 54.8 Å². The number of primary amides is 1. The number of benzene rings is 5. The van der Waals surface area contributed by atoms with Crippen molar-refractivity contribution in [3.63, 3.8) is 0 Å². The van der Waals surface area contributed by atoms with Crippen LogP contribution in [0.3, 0.4) is 0 Å². The van der Waals surface area contributed by atoms with E-state index < -0.39 is 259 Å². The van der Waals surface area contributed by atoms with Gasteiger partial charge in [0, 0.05) is 39.0 Å². The Bertz CT molecular complexity index is 5790. The molecule has 0 aromatic heterocycles. The van der Waals surface area contributed by atoms with Crippen LogP contribution >= 0.6 is 0 Å². The molecule has 1 fully saturated rings. The van der Waals surface area contributed by atoms with Gasteiger partial charge in [-0.15, -0.1) is 0 Å². The lowest BCUT2D eigenvalue weighted by Gasteiger charge is -2.31. The second-order valence-electron chi connectivity index (χ2n) is 37.5. The SMILES string of the molecule is CC[C@H](C)[C@H](NC(=O)[C@@H](NC(=O)[C@@H](NC(=O)[C@H](Cc1ccccc1)NC(=O)[C@H](C)NC(=O)[C@H](CCCNC(=N)NS(=O)(=O)c1ccc(C)cc1)NC(=O)CNC(=O)[C@@H]1CCCN1C(=O)CNC(=O)[C@H](CCCNC(=N)NS(=O)(=O)c1ccc(C)cc1)NC(=O)[C@H](CCC(N)=O)NC(=O)[C@@H](NC(=O)[C@H](CCCNC(=N)NS(=O)(=O)c1ccc(C)cc1)NC(=O)OC(C)(C)C)[C@@H](C)CC)C(C)C)[C@@H](C)OCc1ccccc1)C(=O)O. The molecule has 1 saturated heterocycles. The zero-order valence-corrected chi connectivity index (χ0v) is 88.0. The van der Waals surface area contributed by atoms with Crippen molar-refractivity contribution in [2.45, 2.75) is 280 Å². The van der Waals surface area contributed by atoms with Crippen LogP contribution in [0.2, 0.25) is 0 Å². The summed E-state index contributed by atoms with van der Waals surface area (Å²) < 4.78 is 96.8. The quantitative estimate of drug-likeness (QED) is 0.0148. The third-order valence-electron chi connectivity index (χ3n) is 23.8. The number of nitrogens with two attached hydrogens (primary N) is 1. The molecule has 0 aliphatic carbocycles. The van der Waals surface area contributed by atoms with Gasteiger partial charge in [-0.25, -0.2) is 49.0 Å². The van der Waals surface area contributed by atoms with Gasteiger partial charge in [0.2, 0.25) is 94.7 Å². The van der Waals surface area contributed by atoms with E-state index in [1.165, 1.54) is 50.2 Å². The number of guanidine groups is 3. The molecule has 812 valence electrons. The number of hydrogen-bond acceptors (Lipinski definition) is 26. The van der Waals surface area contributed by atoms with Crippen LogP contribution in [0.5, 0.6) is 0 Å². The van der Waals surface area contributed by atoms with Crippen molar-refractivity contribution in [2.75, 3.05) is 39.3 Å². The molecule has 0 saturated carbocycles. The smallest absolute Gasteiger partial charge is 0.408 e. The summed E-state index contributed by atoms with van der Waals surface area (Å²) in [4.78, 5) is 213. The molecule has 0 spiro atoms. The molecular formula is C98H143N23O24S3. The third kappa shape index (κ3) is 41.5. The fraction of sp³-hybridized carbons (Fsp3) is 0.510. The van der Waals surface area contributed by atoms with Gasteiger partial charge in [0.25, 0.3) is 30.1 Å². The third-order valence-corrected chi connectivity index (χ3v) is 27.9. The van der Waals surface area contributed by atoms with Crippen LogP contribution in [0.15, 0.2) is 148 Å². The van der Waals surface area contributed by atoms with Gasteiger partial charge in [0.05, 0.1) is 40.5 Å². The summed E-state index contributed by atoms with van der Waals surface area (Å²) in [6.45, 7) is 20.1. The van der Waals surface area contributed by atoms with Crippen LogP contribution < -0.4 is 99.7 Å². The Hall–Kier alpha value is -14.4. The first-order chi connectivity index (χ1) is 69.6. The summed E-state index contributed by atoms with van der Waals surface area (Å²) in [6, 6.07) is 18.0. The second kappa shape index (κ2) is 58.8. The van der Waals surface area contributed by atoms with Gasteiger partial charge in [-0.1, -0.05) is 168 Å². The highest BCUT2D eigenvalue weighted by Crippen LogP contribution is 2.22. The van der Waals surface area contributed by atoms with Gasteiger partial charge in [-0.3, -0.25) is 78.6 Å². The van der Waals surface area contributed by atoms with Crippen molar-refractivity contribution in [3.05, 3.63) is 161 Å². The highest BCUT2D eigenvalue weighted by molar-refractivity contribution is 7.90. The number of carbonyl (C=O) groups excluding carboxylic acids is 14. The number of amides is 14. The number of nitrogens with zero attached hydrogens (tertiary/aromatic N) is 1. The predicted molar refractivity (Wildman–Crippen MR) is 547 cm³/mol. The summed E-state index contributed by atoms with van der Waals surface area (Å²) in [6.07, 6.45) is -3.74. The summed E-state index contributed by atoms with van der Waals surface area (Å²) >= 11 is 0. The first-order valence-corrected chi connectivity index (χ1v) is 53.1. The average Bonchev–Trinajstić information content (AvgIpc) is 1.24. The maximum atomic E-state index is 14.8. The van der Waals surface area contributed by atoms with Gasteiger partial charge in [0.1, 0.15) is 72.1 Å². The number of alkyl carbamates (subject to hydrolysis) is 1.